The number of rotatable bonds is 4. The molecule has 0 unspecified atom stereocenters. The summed E-state index contributed by atoms with van der Waals surface area (Å²) in [6.07, 6.45) is -3.04. The molecule has 1 N–H and O–H groups in total. The highest BCUT2D eigenvalue weighted by Gasteiger charge is 2.34. The molecule has 0 radical (unpaired) electrons. The molecular weight excluding hydrogens is 341 g/mol. The average Bonchev–Trinajstić information content (AvgIpc) is 3.24. The predicted octanol–water partition coefficient (Wildman–Crippen LogP) is 2.15. The van der Waals surface area contributed by atoms with E-state index in [4.69, 9.17) is 4.52 Å². The van der Waals surface area contributed by atoms with Gasteiger partial charge in [-0.3, -0.25) is 14.9 Å². The number of aromatic amines is 1. The molecule has 0 saturated heterocycles. The highest BCUT2D eigenvalue weighted by atomic mass is 19.4. The largest absolute Gasteiger partial charge is 0.432 e. The van der Waals surface area contributed by atoms with Crippen molar-refractivity contribution in [3.63, 3.8) is 0 Å². The van der Waals surface area contributed by atoms with Crippen LogP contribution in [-0.4, -0.2) is 43.2 Å². The van der Waals surface area contributed by atoms with Gasteiger partial charge in [-0.2, -0.15) is 23.3 Å². The predicted molar refractivity (Wildman–Crippen MR) is 76.9 cm³/mol. The second-order valence-corrected chi connectivity index (χ2v) is 5.05. The molecule has 0 aromatic carbocycles. The second-order valence-electron chi connectivity index (χ2n) is 5.05. The lowest BCUT2D eigenvalue weighted by molar-refractivity contribution is -0.141. The maximum Gasteiger partial charge on any atom is 0.432 e. The van der Waals surface area contributed by atoms with Crippen molar-refractivity contribution in [2.75, 3.05) is 7.05 Å². The van der Waals surface area contributed by atoms with Gasteiger partial charge in [0.2, 0.25) is 11.7 Å². The highest BCUT2D eigenvalue weighted by molar-refractivity contribution is 5.92. The fraction of sp³-hybridized carbons (Fsp3) is 0.214. The van der Waals surface area contributed by atoms with E-state index in [1.54, 1.807) is 29.5 Å². The van der Waals surface area contributed by atoms with Crippen LogP contribution in [0.1, 0.15) is 22.1 Å². The van der Waals surface area contributed by atoms with Gasteiger partial charge in [-0.15, -0.1) is 0 Å². The zero-order valence-corrected chi connectivity index (χ0v) is 12.8. The van der Waals surface area contributed by atoms with Crippen LogP contribution < -0.4 is 0 Å². The zero-order valence-electron chi connectivity index (χ0n) is 12.8. The molecule has 25 heavy (non-hydrogen) atoms. The van der Waals surface area contributed by atoms with Gasteiger partial charge in [0.25, 0.3) is 5.91 Å². The molecule has 3 aromatic rings. The Kier molecular flexibility index (Phi) is 4.21. The number of hydrogen-bond acceptors (Lipinski definition) is 6. The van der Waals surface area contributed by atoms with E-state index in [-0.39, 0.29) is 24.0 Å². The topological polar surface area (TPSA) is 101 Å². The first-order chi connectivity index (χ1) is 11.8. The summed E-state index contributed by atoms with van der Waals surface area (Å²) < 4.78 is 42.7. The third kappa shape index (κ3) is 3.65. The summed E-state index contributed by atoms with van der Waals surface area (Å²) in [5.41, 5.74) is -0.965. The van der Waals surface area contributed by atoms with Crippen molar-refractivity contribution in [3.8, 4) is 11.5 Å². The molecule has 0 spiro atoms. The third-order valence-corrected chi connectivity index (χ3v) is 3.18. The summed E-state index contributed by atoms with van der Waals surface area (Å²) in [7, 11) is 1.38. The lowest BCUT2D eigenvalue weighted by Gasteiger charge is -2.12. The van der Waals surface area contributed by atoms with Gasteiger partial charge < -0.3 is 9.42 Å². The summed E-state index contributed by atoms with van der Waals surface area (Å²) in [5.74, 6) is -0.358. The number of aromatic nitrogens is 5. The van der Waals surface area contributed by atoms with E-state index in [0.717, 1.165) is 4.90 Å². The van der Waals surface area contributed by atoms with Crippen LogP contribution in [0.2, 0.25) is 0 Å². The van der Waals surface area contributed by atoms with Crippen LogP contribution in [0, 0.1) is 0 Å². The number of hydrogen-bond donors (Lipinski definition) is 1. The molecule has 3 heterocycles. The van der Waals surface area contributed by atoms with Crippen LogP contribution in [0.3, 0.4) is 0 Å². The summed E-state index contributed by atoms with van der Waals surface area (Å²) >= 11 is 0. The Morgan fingerprint density at radius 1 is 1.36 bits per heavy atom. The fourth-order valence-corrected chi connectivity index (χ4v) is 1.96. The number of nitrogens with zero attached hydrogens (tertiary/aromatic N) is 5. The normalized spacial score (nSPS) is 11.5. The summed E-state index contributed by atoms with van der Waals surface area (Å²) in [6, 6.07) is 5.82. The molecule has 1 amide bonds. The monoisotopic (exact) mass is 352 g/mol. The van der Waals surface area contributed by atoms with Gasteiger partial charge in [0.1, 0.15) is 17.9 Å². The molecule has 130 valence electrons. The van der Waals surface area contributed by atoms with Gasteiger partial charge >= 0.3 is 6.18 Å². The molecule has 0 aliphatic carbocycles. The van der Waals surface area contributed by atoms with Gasteiger partial charge in [0, 0.05) is 19.3 Å². The van der Waals surface area contributed by atoms with Crippen molar-refractivity contribution in [1.82, 2.24) is 30.2 Å². The Morgan fingerprint density at radius 3 is 2.80 bits per heavy atom. The fourth-order valence-electron chi connectivity index (χ4n) is 1.96. The van der Waals surface area contributed by atoms with E-state index >= 15 is 0 Å². The lowest BCUT2D eigenvalue weighted by Crippen LogP contribution is -2.26. The van der Waals surface area contributed by atoms with Crippen molar-refractivity contribution in [2.45, 2.75) is 12.7 Å². The maximum absolute atomic E-state index is 12.5. The van der Waals surface area contributed by atoms with Crippen LogP contribution in [0.25, 0.3) is 11.5 Å². The number of nitrogens with one attached hydrogen (secondary N) is 1. The van der Waals surface area contributed by atoms with Gasteiger partial charge in [-0.05, 0) is 12.1 Å². The van der Waals surface area contributed by atoms with Gasteiger partial charge in [0.15, 0.2) is 5.69 Å². The first kappa shape index (κ1) is 16.6. The number of pyridine rings is 1. The van der Waals surface area contributed by atoms with Gasteiger partial charge in [-0.1, -0.05) is 11.2 Å². The molecule has 8 nitrogen and oxygen atoms in total. The minimum Gasteiger partial charge on any atom is -0.337 e. The number of carbonyl (C=O) groups is 1. The first-order valence-corrected chi connectivity index (χ1v) is 6.96. The number of amides is 1. The van der Waals surface area contributed by atoms with Gasteiger partial charge in [-0.25, -0.2) is 0 Å². The van der Waals surface area contributed by atoms with Crippen LogP contribution in [0.15, 0.2) is 35.0 Å². The number of carbonyl (C=O) groups excluding carboxylic acids is 1. The van der Waals surface area contributed by atoms with Crippen LogP contribution >= 0.6 is 0 Å². The SMILES string of the molecule is CN(Cc1nc(-c2ccccn2)no1)C(=O)c1cc(C(F)(F)F)[nH]n1. The number of alkyl halides is 3. The molecule has 3 aromatic heterocycles. The first-order valence-electron chi connectivity index (χ1n) is 6.96. The van der Waals surface area contributed by atoms with E-state index in [1.807, 2.05) is 0 Å². The Bertz CT molecular complexity index is 874. The smallest absolute Gasteiger partial charge is 0.337 e. The van der Waals surface area contributed by atoms with Crippen LogP contribution in [0.4, 0.5) is 13.2 Å². The highest BCUT2D eigenvalue weighted by Crippen LogP contribution is 2.27. The lowest BCUT2D eigenvalue weighted by atomic mass is 10.3. The van der Waals surface area contributed by atoms with Crippen molar-refractivity contribution in [1.29, 1.82) is 0 Å². The van der Waals surface area contributed by atoms with Crippen molar-refractivity contribution in [2.24, 2.45) is 0 Å². The molecular formula is C14H11F3N6O2. The van der Waals surface area contributed by atoms with Crippen LogP contribution in [-0.2, 0) is 12.7 Å². The van der Waals surface area contributed by atoms with Crippen molar-refractivity contribution in [3.05, 3.63) is 47.7 Å². The van der Waals surface area contributed by atoms with Crippen molar-refractivity contribution < 1.29 is 22.5 Å². The Hall–Kier alpha value is -3.24. The quantitative estimate of drug-likeness (QED) is 0.772. The minimum absolute atomic E-state index is 0.0904. The molecule has 0 saturated carbocycles. The van der Waals surface area contributed by atoms with E-state index in [2.05, 4.69) is 20.2 Å². The van der Waals surface area contributed by atoms with Crippen molar-refractivity contribution >= 4 is 5.91 Å². The molecule has 0 aliphatic heterocycles. The molecule has 0 fully saturated rings. The molecule has 3 rings (SSSR count). The maximum atomic E-state index is 12.5. The minimum atomic E-state index is -4.60. The van der Waals surface area contributed by atoms with E-state index in [9.17, 15) is 18.0 Å². The Morgan fingerprint density at radius 2 is 2.16 bits per heavy atom. The van der Waals surface area contributed by atoms with E-state index < -0.39 is 17.8 Å². The van der Waals surface area contributed by atoms with Gasteiger partial charge in [0.05, 0.1) is 0 Å². The Balaban J connectivity index is 1.70. The van der Waals surface area contributed by atoms with Crippen LogP contribution in [0.5, 0.6) is 0 Å². The molecule has 0 aliphatic rings. The third-order valence-electron chi connectivity index (χ3n) is 3.18. The average molecular weight is 352 g/mol. The summed E-state index contributed by atoms with van der Waals surface area (Å²) in [6.45, 7) is -0.0904. The van der Waals surface area contributed by atoms with E-state index in [0.29, 0.717) is 11.8 Å². The second kappa shape index (κ2) is 6.34. The molecule has 0 bridgehead atoms. The molecule has 11 heteroatoms. The summed E-state index contributed by atoms with van der Waals surface area (Å²) in [5, 5.41) is 8.92. The number of halogens is 3. The standard InChI is InChI=1S/C14H11F3N6O2/c1-23(13(24)9-6-10(21-20-9)14(15,16)17)7-11-19-12(22-25-11)8-4-2-3-5-18-8/h2-6H,7H2,1H3,(H,20,21). The zero-order chi connectivity index (χ0) is 18.0. The Labute approximate surface area is 138 Å². The molecule has 0 atom stereocenters. The van der Waals surface area contributed by atoms with E-state index in [1.165, 1.54) is 7.05 Å². The summed E-state index contributed by atoms with van der Waals surface area (Å²) in [4.78, 5) is 21.4. The number of H-pyrrole nitrogens is 1.